The van der Waals surface area contributed by atoms with Gasteiger partial charge in [0.05, 0.1) is 6.10 Å². The van der Waals surface area contributed by atoms with Crippen molar-refractivity contribution in [3.05, 3.63) is 28.8 Å². The molecule has 1 aliphatic rings. The standard InChI is InChI=1S/C10H11ClOS/c1-6(12)7-5-13-9-4-2-3-8(11)10(7)9/h2-4,6-7,12H,5H2,1H3. The highest BCUT2D eigenvalue weighted by Gasteiger charge is 2.28. The molecule has 1 aromatic rings. The van der Waals surface area contributed by atoms with Gasteiger partial charge in [-0.2, -0.15) is 0 Å². The van der Waals surface area contributed by atoms with E-state index in [4.69, 9.17) is 11.6 Å². The molecule has 0 amide bonds. The molecule has 2 unspecified atom stereocenters. The van der Waals surface area contributed by atoms with E-state index in [2.05, 4.69) is 6.07 Å². The van der Waals surface area contributed by atoms with Crippen molar-refractivity contribution in [2.75, 3.05) is 5.75 Å². The molecule has 0 radical (unpaired) electrons. The predicted octanol–water partition coefficient (Wildman–Crippen LogP) is 2.91. The van der Waals surface area contributed by atoms with Gasteiger partial charge in [-0.25, -0.2) is 0 Å². The number of fused-ring (bicyclic) bond motifs is 1. The van der Waals surface area contributed by atoms with Gasteiger partial charge in [0.1, 0.15) is 0 Å². The fourth-order valence-corrected chi connectivity index (χ4v) is 3.41. The van der Waals surface area contributed by atoms with E-state index in [1.54, 1.807) is 11.8 Å². The molecule has 0 aromatic heterocycles. The molecule has 0 spiro atoms. The van der Waals surface area contributed by atoms with Crippen LogP contribution in [0.2, 0.25) is 5.02 Å². The highest BCUT2D eigenvalue weighted by molar-refractivity contribution is 7.99. The van der Waals surface area contributed by atoms with Gasteiger partial charge in [-0.1, -0.05) is 17.7 Å². The van der Waals surface area contributed by atoms with Crippen molar-refractivity contribution in [1.82, 2.24) is 0 Å². The topological polar surface area (TPSA) is 20.2 Å². The summed E-state index contributed by atoms with van der Waals surface area (Å²) in [5.74, 6) is 1.14. The zero-order valence-electron chi connectivity index (χ0n) is 7.33. The summed E-state index contributed by atoms with van der Waals surface area (Å²) < 4.78 is 0. The van der Waals surface area contributed by atoms with Crippen molar-refractivity contribution in [1.29, 1.82) is 0 Å². The Morgan fingerprint density at radius 3 is 3.08 bits per heavy atom. The summed E-state index contributed by atoms with van der Waals surface area (Å²) in [7, 11) is 0. The van der Waals surface area contributed by atoms with Crippen LogP contribution >= 0.6 is 23.4 Å². The maximum absolute atomic E-state index is 9.55. The van der Waals surface area contributed by atoms with Crippen molar-refractivity contribution in [3.8, 4) is 0 Å². The lowest BCUT2D eigenvalue weighted by molar-refractivity contribution is 0.171. The molecular weight excluding hydrogens is 204 g/mol. The average Bonchev–Trinajstić information content (AvgIpc) is 2.49. The Hall–Kier alpha value is -0.180. The van der Waals surface area contributed by atoms with Crippen LogP contribution in [0.25, 0.3) is 0 Å². The van der Waals surface area contributed by atoms with E-state index >= 15 is 0 Å². The second kappa shape index (κ2) is 3.52. The molecule has 1 aromatic carbocycles. The van der Waals surface area contributed by atoms with Crippen molar-refractivity contribution in [3.63, 3.8) is 0 Å². The van der Waals surface area contributed by atoms with Crippen LogP contribution in [0.3, 0.4) is 0 Å². The summed E-state index contributed by atoms with van der Waals surface area (Å²) in [4.78, 5) is 1.22. The fourth-order valence-electron chi connectivity index (χ4n) is 1.65. The van der Waals surface area contributed by atoms with Crippen LogP contribution in [0.4, 0.5) is 0 Å². The summed E-state index contributed by atoms with van der Waals surface area (Å²) >= 11 is 7.86. The van der Waals surface area contributed by atoms with E-state index < -0.39 is 0 Å². The van der Waals surface area contributed by atoms with Crippen LogP contribution in [0.15, 0.2) is 23.1 Å². The molecule has 13 heavy (non-hydrogen) atoms. The van der Waals surface area contributed by atoms with Crippen LogP contribution in [-0.4, -0.2) is 17.0 Å². The summed E-state index contributed by atoms with van der Waals surface area (Å²) in [5.41, 5.74) is 1.13. The first kappa shape index (κ1) is 9.38. The largest absolute Gasteiger partial charge is 0.393 e. The van der Waals surface area contributed by atoms with E-state index in [-0.39, 0.29) is 12.0 Å². The van der Waals surface area contributed by atoms with Gasteiger partial charge in [0.25, 0.3) is 0 Å². The number of aliphatic hydroxyl groups is 1. The Morgan fingerprint density at radius 1 is 1.62 bits per heavy atom. The smallest absolute Gasteiger partial charge is 0.0589 e. The predicted molar refractivity (Wildman–Crippen MR) is 56.6 cm³/mol. The molecule has 0 bridgehead atoms. The van der Waals surface area contributed by atoms with Gasteiger partial charge in [-0.05, 0) is 24.6 Å². The van der Waals surface area contributed by atoms with E-state index in [1.165, 1.54) is 4.90 Å². The first-order valence-corrected chi connectivity index (χ1v) is 5.66. The fraction of sp³-hybridized carbons (Fsp3) is 0.400. The van der Waals surface area contributed by atoms with Crippen molar-refractivity contribution < 1.29 is 5.11 Å². The summed E-state index contributed by atoms with van der Waals surface area (Å²) in [6.07, 6.45) is -0.311. The molecule has 0 fully saturated rings. The molecule has 0 saturated carbocycles. The van der Waals surface area contributed by atoms with Crippen LogP contribution in [0.1, 0.15) is 18.4 Å². The number of hydrogen-bond donors (Lipinski definition) is 1. The molecule has 0 saturated heterocycles. The molecule has 2 atom stereocenters. The van der Waals surface area contributed by atoms with Crippen molar-refractivity contribution >= 4 is 23.4 Å². The third-order valence-electron chi connectivity index (χ3n) is 2.38. The SMILES string of the molecule is CC(O)C1CSc2cccc(Cl)c21. The van der Waals surface area contributed by atoms with Crippen LogP contribution < -0.4 is 0 Å². The minimum absolute atomic E-state index is 0.202. The van der Waals surface area contributed by atoms with E-state index in [9.17, 15) is 5.11 Å². The summed E-state index contributed by atoms with van der Waals surface area (Å²) in [6, 6.07) is 5.91. The lowest BCUT2D eigenvalue weighted by Gasteiger charge is -2.14. The average molecular weight is 215 g/mol. The Bertz CT molecular complexity index is 325. The van der Waals surface area contributed by atoms with E-state index in [0.717, 1.165) is 16.3 Å². The van der Waals surface area contributed by atoms with Gasteiger partial charge in [-0.3, -0.25) is 0 Å². The van der Waals surface area contributed by atoms with Gasteiger partial charge in [0, 0.05) is 21.6 Å². The molecule has 2 rings (SSSR count). The van der Waals surface area contributed by atoms with Gasteiger partial charge < -0.3 is 5.11 Å². The van der Waals surface area contributed by atoms with Gasteiger partial charge in [-0.15, -0.1) is 11.8 Å². The zero-order chi connectivity index (χ0) is 9.42. The monoisotopic (exact) mass is 214 g/mol. The number of aliphatic hydroxyl groups excluding tert-OH is 1. The Kier molecular flexibility index (Phi) is 2.54. The Morgan fingerprint density at radius 2 is 2.38 bits per heavy atom. The van der Waals surface area contributed by atoms with E-state index in [1.807, 2.05) is 19.1 Å². The Balaban J connectivity index is 2.46. The first-order valence-electron chi connectivity index (χ1n) is 4.29. The maximum Gasteiger partial charge on any atom is 0.0589 e. The van der Waals surface area contributed by atoms with Crippen molar-refractivity contribution in [2.24, 2.45) is 0 Å². The van der Waals surface area contributed by atoms with Gasteiger partial charge in [0.2, 0.25) is 0 Å². The molecule has 1 N–H and O–H groups in total. The highest BCUT2D eigenvalue weighted by Crippen LogP contribution is 2.44. The molecule has 1 nitrogen and oxygen atoms in total. The quantitative estimate of drug-likeness (QED) is 0.776. The third kappa shape index (κ3) is 1.58. The zero-order valence-corrected chi connectivity index (χ0v) is 8.90. The molecule has 0 aliphatic carbocycles. The van der Waals surface area contributed by atoms with Crippen LogP contribution in [0.5, 0.6) is 0 Å². The molecule has 3 heteroatoms. The minimum Gasteiger partial charge on any atom is -0.393 e. The lowest BCUT2D eigenvalue weighted by atomic mass is 9.96. The number of benzene rings is 1. The van der Waals surface area contributed by atoms with Gasteiger partial charge in [0.15, 0.2) is 0 Å². The molecule has 1 heterocycles. The van der Waals surface area contributed by atoms with Crippen LogP contribution in [0, 0.1) is 0 Å². The highest BCUT2D eigenvalue weighted by atomic mass is 35.5. The van der Waals surface area contributed by atoms with E-state index in [0.29, 0.717) is 0 Å². The number of hydrogen-bond acceptors (Lipinski definition) is 2. The molecule has 70 valence electrons. The lowest BCUT2D eigenvalue weighted by Crippen LogP contribution is -2.14. The first-order chi connectivity index (χ1) is 6.20. The summed E-state index contributed by atoms with van der Waals surface area (Å²) in [5, 5.41) is 10.3. The van der Waals surface area contributed by atoms with Gasteiger partial charge >= 0.3 is 0 Å². The maximum atomic E-state index is 9.55. The minimum atomic E-state index is -0.311. The second-order valence-electron chi connectivity index (χ2n) is 3.31. The molecular formula is C10H11ClOS. The number of rotatable bonds is 1. The second-order valence-corrected chi connectivity index (χ2v) is 4.78. The van der Waals surface area contributed by atoms with Crippen molar-refractivity contribution in [2.45, 2.75) is 23.8 Å². The van der Waals surface area contributed by atoms with Crippen LogP contribution in [-0.2, 0) is 0 Å². The summed E-state index contributed by atoms with van der Waals surface area (Å²) in [6.45, 7) is 1.82. The number of halogens is 1. The Labute approximate surface area is 87.1 Å². The normalized spacial score (nSPS) is 22.8. The third-order valence-corrected chi connectivity index (χ3v) is 3.91. The number of thioether (sulfide) groups is 1. The molecule has 1 aliphatic heterocycles.